The normalized spacial score (nSPS) is 15.5. The van der Waals surface area contributed by atoms with Gasteiger partial charge in [0, 0.05) is 0 Å². The first-order valence-electron chi connectivity index (χ1n) is 7.72. The molecule has 1 heterocycles. The summed E-state index contributed by atoms with van der Waals surface area (Å²) in [4.78, 5) is 26.7. The van der Waals surface area contributed by atoms with Gasteiger partial charge in [0.25, 0.3) is 5.91 Å². The fourth-order valence-electron chi connectivity index (χ4n) is 2.88. The van der Waals surface area contributed by atoms with E-state index in [0.29, 0.717) is 5.56 Å². The van der Waals surface area contributed by atoms with Gasteiger partial charge in [-0.25, -0.2) is 4.79 Å². The minimum absolute atomic E-state index is 0.125. The predicted octanol–water partition coefficient (Wildman–Crippen LogP) is 4.05. The first kappa shape index (κ1) is 15.5. The summed E-state index contributed by atoms with van der Waals surface area (Å²) >= 11 is 0. The monoisotopic (exact) mass is 348 g/mol. The van der Waals surface area contributed by atoms with E-state index in [9.17, 15) is 9.59 Å². The van der Waals surface area contributed by atoms with Crippen molar-refractivity contribution in [1.82, 2.24) is 0 Å². The summed E-state index contributed by atoms with van der Waals surface area (Å²) in [6.07, 6.45) is 0. The molecule has 1 aliphatic heterocycles. The third kappa shape index (κ3) is 2.68. The molecule has 0 fully saturated rings. The lowest BCUT2D eigenvalue weighted by Gasteiger charge is -2.09. The Bertz CT molecular complexity index is 982. The Hall–Kier alpha value is -3.05. The van der Waals surface area contributed by atoms with Crippen LogP contribution in [0, 0.1) is 0 Å². The Kier molecular flexibility index (Phi) is 3.78. The second kappa shape index (κ2) is 6.11. The van der Waals surface area contributed by atoms with Crippen LogP contribution in [0.4, 0.5) is 5.69 Å². The molecule has 1 atom stereocenters. The van der Waals surface area contributed by atoms with Gasteiger partial charge in [-0.05, 0) is 48.5 Å². The van der Waals surface area contributed by atoms with E-state index >= 15 is 0 Å². The number of hydrogen-bond acceptors (Lipinski definition) is 2. The van der Waals surface area contributed by atoms with Crippen molar-refractivity contribution >= 4 is 28.5 Å². The molecule has 1 unspecified atom stereocenters. The molecule has 0 radical (unpaired) electrons. The highest BCUT2D eigenvalue weighted by Gasteiger charge is 2.38. The van der Waals surface area contributed by atoms with Crippen LogP contribution in [0.5, 0.6) is 0 Å². The second-order valence-electron chi connectivity index (χ2n) is 5.58. The first-order valence-corrected chi connectivity index (χ1v) is 8.95. The highest BCUT2D eigenvalue weighted by atomic mass is 32.2. The second-order valence-corrected chi connectivity index (χ2v) is 7.55. The Balaban J connectivity index is 1.95. The van der Waals surface area contributed by atoms with Crippen LogP contribution in [0.2, 0.25) is 0 Å². The number of aromatic carboxylic acids is 1. The maximum atomic E-state index is 12.6. The third-order valence-corrected chi connectivity index (χ3v) is 6.38. The summed E-state index contributed by atoms with van der Waals surface area (Å²) in [5, 5.41) is 12.1. The van der Waals surface area contributed by atoms with Crippen molar-refractivity contribution in [3.63, 3.8) is 0 Å². The van der Waals surface area contributed by atoms with Crippen LogP contribution in [0.3, 0.4) is 0 Å². The van der Waals surface area contributed by atoms with Gasteiger partial charge in [0.1, 0.15) is 10.9 Å². The smallest absolute Gasteiger partial charge is 0.335 e. The lowest BCUT2D eigenvalue weighted by atomic mass is 10.2. The van der Waals surface area contributed by atoms with Gasteiger partial charge >= 0.3 is 5.97 Å². The average Bonchev–Trinajstić information content (AvgIpc) is 2.76. The van der Waals surface area contributed by atoms with E-state index in [2.05, 4.69) is 5.32 Å². The highest BCUT2D eigenvalue weighted by Crippen LogP contribution is 2.39. The summed E-state index contributed by atoms with van der Waals surface area (Å²) < 4.78 is 0. The zero-order valence-electron chi connectivity index (χ0n) is 13.1. The van der Waals surface area contributed by atoms with E-state index in [4.69, 9.17) is 5.11 Å². The largest absolute Gasteiger partial charge is 0.478 e. The molecule has 0 spiro atoms. The summed E-state index contributed by atoms with van der Waals surface area (Å²) in [6, 6.07) is 22.2. The van der Waals surface area contributed by atoms with E-state index < -0.39 is 16.9 Å². The number of nitrogens with one attached hydrogen (secondary N) is 1. The highest BCUT2D eigenvalue weighted by molar-refractivity contribution is 7.97. The fraction of sp³-hybridized carbons (Fsp3) is 0. The van der Waals surface area contributed by atoms with Crippen molar-refractivity contribution in [3.05, 3.63) is 83.9 Å². The number of carbonyl (C=O) groups excluding carboxylic acids is 1. The number of hydrogen-bond donors (Lipinski definition) is 2. The van der Waals surface area contributed by atoms with Gasteiger partial charge in [0.15, 0.2) is 14.7 Å². The standard InChI is InChI=1S/C20H13NO3S/c22-19-15-5-1-3-7-17(15)25(18-8-4-2-6-16(18)21-19)14-11-9-13(10-12-14)20(23)24/h1-12H,(H-,21,22,23,24)/p+1. The summed E-state index contributed by atoms with van der Waals surface area (Å²) in [5.41, 5.74) is 1.68. The van der Waals surface area contributed by atoms with Crippen LogP contribution in [0.1, 0.15) is 20.7 Å². The molecular weight excluding hydrogens is 334 g/mol. The van der Waals surface area contributed by atoms with Gasteiger partial charge < -0.3 is 10.4 Å². The minimum atomic E-state index is -0.951. The number of carboxylic acid groups (broad SMARTS) is 1. The summed E-state index contributed by atoms with van der Waals surface area (Å²) in [7, 11) is -0.494. The van der Waals surface area contributed by atoms with Gasteiger partial charge in [-0.3, -0.25) is 4.79 Å². The van der Waals surface area contributed by atoms with Crippen LogP contribution < -0.4 is 5.32 Å². The van der Waals surface area contributed by atoms with E-state index in [-0.39, 0.29) is 11.5 Å². The molecule has 3 aromatic carbocycles. The number of carbonyl (C=O) groups is 2. The van der Waals surface area contributed by atoms with Crippen molar-refractivity contribution in [2.24, 2.45) is 0 Å². The average molecular weight is 348 g/mol. The molecule has 0 aromatic heterocycles. The lowest BCUT2D eigenvalue weighted by Crippen LogP contribution is -2.11. The third-order valence-electron chi connectivity index (χ3n) is 4.04. The van der Waals surface area contributed by atoms with E-state index in [1.807, 2.05) is 60.7 Å². The molecule has 0 saturated heterocycles. The predicted molar refractivity (Wildman–Crippen MR) is 96.4 cm³/mol. The molecule has 4 rings (SSSR count). The Morgan fingerprint density at radius 2 is 1.48 bits per heavy atom. The lowest BCUT2D eigenvalue weighted by molar-refractivity contribution is 0.0696. The Morgan fingerprint density at radius 1 is 0.840 bits per heavy atom. The molecule has 0 saturated carbocycles. The molecule has 0 bridgehead atoms. The molecule has 1 amide bonds. The number of amides is 1. The zero-order valence-corrected chi connectivity index (χ0v) is 13.9. The topological polar surface area (TPSA) is 66.4 Å². The van der Waals surface area contributed by atoms with Crippen molar-refractivity contribution in [2.75, 3.05) is 5.32 Å². The minimum Gasteiger partial charge on any atom is -0.478 e. The SMILES string of the molecule is O=C(O)c1ccc([S+]2c3ccccc3NC(=O)c3ccccc32)cc1. The van der Waals surface area contributed by atoms with Crippen molar-refractivity contribution in [3.8, 4) is 0 Å². The molecule has 25 heavy (non-hydrogen) atoms. The van der Waals surface area contributed by atoms with Crippen LogP contribution >= 0.6 is 0 Å². The molecule has 0 aliphatic carbocycles. The molecule has 3 aromatic rings. The maximum Gasteiger partial charge on any atom is 0.335 e. The zero-order chi connectivity index (χ0) is 17.4. The van der Waals surface area contributed by atoms with Gasteiger partial charge in [0.2, 0.25) is 0 Å². The molecule has 1 aliphatic rings. The number of fused-ring (bicyclic) bond motifs is 2. The van der Waals surface area contributed by atoms with Crippen LogP contribution in [0.25, 0.3) is 0 Å². The number of anilines is 1. The van der Waals surface area contributed by atoms with E-state index in [1.165, 1.54) is 0 Å². The first-order chi connectivity index (χ1) is 12.1. The molecule has 2 N–H and O–H groups in total. The van der Waals surface area contributed by atoms with E-state index in [1.54, 1.807) is 12.1 Å². The Morgan fingerprint density at radius 3 is 2.20 bits per heavy atom. The van der Waals surface area contributed by atoms with Gasteiger partial charge in [-0.15, -0.1) is 0 Å². The van der Waals surface area contributed by atoms with Crippen LogP contribution in [0.15, 0.2) is 87.5 Å². The molecule has 122 valence electrons. The Labute approximate surface area is 147 Å². The van der Waals surface area contributed by atoms with Gasteiger partial charge in [0.05, 0.1) is 16.8 Å². The number of benzene rings is 3. The van der Waals surface area contributed by atoms with Crippen molar-refractivity contribution < 1.29 is 14.7 Å². The van der Waals surface area contributed by atoms with Crippen molar-refractivity contribution in [1.29, 1.82) is 0 Å². The fourth-order valence-corrected chi connectivity index (χ4v) is 5.18. The molecule has 4 nitrogen and oxygen atoms in total. The maximum absolute atomic E-state index is 12.6. The quantitative estimate of drug-likeness (QED) is 0.687. The van der Waals surface area contributed by atoms with Crippen LogP contribution in [-0.4, -0.2) is 17.0 Å². The summed E-state index contributed by atoms with van der Waals surface area (Å²) in [6.45, 7) is 0. The number of rotatable bonds is 2. The van der Waals surface area contributed by atoms with Gasteiger partial charge in [-0.1, -0.05) is 24.3 Å². The number of para-hydroxylation sites is 1. The van der Waals surface area contributed by atoms with Crippen LogP contribution in [-0.2, 0) is 10.9 Å². The molecule has 5 heteroatoms. The molecular formula is C20H14NO3S+. The van der Waals surface area contributed by atoms with E-state index in [0.717, 1.165) is 20.4 Å². The van der Waals surface area contributed by atoms with Crippen molar-refractivity contribution in [2.45, 2.75) is 14.7 Å². The summed E-state index contributed by atoms with van der Waals surface area (Å²) in [5.74, 6) is -1.08. The van der Waals surface area contributed by atoms with Gasteiger partial charge in [-0.2, -0.15) is 0 Å². The number of carboxylic acids is 1.